The molecule has 27 heteroatoms. The van der Waals surface area contributed by atoms with Gasteiger partial charge in [0.05, 0.1) is 65.3 Å². The van der Waals surface area contributed by atoms with E-state index in [-0.39, 0.29) is 87.4 Å². The van der Waals surface area contributed by atoms with E-state index in [0.29, 0.717) is 5.57 Å². The summed E-state index contributed by atoms with van der Waals surface area (Å²) in [6, 6.07) is 16.0. The van der Waals surface area contributed by atoms with E-state index in [1.54, 1.807) is 77.9 Å². The van der Waals surface area contributed by atoms with Crippen molar-refractivity contribution < 1.29 is 126 Å². The van der Waals surface area contributed by atoms with Gasteiger partial charge in [0.15, 0.2) is 35.0 Å². The van der Waals surface area contributed by atoms with E-state index in [1.807, 2.05) is 0 Å². The largest absolute Gasteiger partial charge is 0.508 e. The summed E-state index contributed by atoms with van der Waals surface area (Å²) in [5, 5.41) is 60.3. The molecule has 0 radical (unpaired) electrons. The molecule has 4 saturated carbocycles. The first-order valence-corrected chi connectivity index (χ1v) is 32.0. The third-order valence-corrected chi connectivity index (χ3v) is 21.4. The lowest BCUT2D eigenvalue weighted by Crippen LogP contribution is -2.82. The van der Waals surface area contributed by atoms with Crippen molar-refractivity contribution in [3.05, 3.63) is 119 Å². The van der Waals surface area contributed by atoms with Gasteiger partial charge in [-0.25, -0.2) is 19.2 Å². The molecule has 26 nitrogen and oxygen atoms in total. The number of hydrogen-bond acceptors (Lipinski definition) is 26. The highest BCUT2D eigenvalue weighted by Gasteiger charge is 2.81. The molecule has 0 aromatic heterocycles. The van der Waals surface area contributed by atoms with E-state index in [9.17, 15) is 68.7 Å². The number of esters is 6. The van der Waals surface area contributed by atoms with Gasteiger partial charge in [-0.15, -0.1) is 0 Å². The third-order valence-electron chi connectivity index (χ3n) is 21.3. The van der Waals surface area contributed by atoms with Gasteiger partial charge in [0.25, 0.3) is 0 Å². The predicted molar refractivity (Wildman–Crippen MR) is 344 cm³/mol. The van der Waals surface area contributed by atoms with Crippen LogP contribution in [0, 0.1) is 33.5 Å². The zero-order chi connectivity index (χ0) is 72.1. The predicted octanol–water partition coefficient (Wildman–Crippen LogP) is 6.84. The maximum absolute atomic E-state index is 15.3. The number of benzene rings is 2. The summed E-state index contributed by atoms with van der Waals surface area (Å²) < 4.78 is 62.5. The molecule has 2 unspecified atom stereocenters. The molecule has 5 N–H and O–H groups in total. The third kappa shape index (κ3) is 13.1. The van der Waals surface area contributed by atoms with Crippen molar-refractivity contribution >= 4 is 70.6 Å². The molecular weight excluding hydrogens is 1300 g/mol. The van der Waals surface area contributed by atoms with Gasteiger partial charge in [0, 0.05) is 75.8 Å². The molecule has 536 valence electrons. The Morgan fingerprint density at radius 2 is 0.939 bits per heavy atom. The molecule has 18 atom stereocenters. The van der Waals surface area contributed by atoms with Crippen molar-refractivity contribution in [3.8, 4) is 0 Å². The van der Waals surface area contributed by atoms with Crippen molar-refractivity contribution in [1.29, 1.82) is 0 Å². The fourth-order valence-corrected chi connectivity index (χ4v) is 16.4. The molecule has 2 saturated heterocycles. The Kier molecular flexibility index (Phi) is 22.9. The first-order valence-electron chi connectivity index (χ1n) is 31.6. The second-order valence-electron chi connectivity index (χ2n) is 27.3. The van der Waals surface area contributed by atoms with Crippen molar-refractivity contribution in [2.75, 3.05) is 26.4 Å². The van der Waals surface area contributed by atoms with Gasteiger partial charge in [0.1, 0.15) is 54.9 Å². The van der Waals surface area contributed by atoms with Gasteiger partial charge >= 0.3 is 47.4 Å². The van der Waals surface area contributed by atoms with Crippen molar-refractivity contribution in [1.82, 2.24) is 0 Å². The summed E-state index contributed by atoms with van der Waals surface area (Å²) >= 11 is 4.75. The molecule has 0 amide bonds. The van der Waals surface area contributed by atoms with E-state index in [1.165, 1.54) is 64.1 Å². The fourth-order valence-electron chi connectivity index (χ4n) is 16.4. The van der Waals surface area contributed by atoms with Crippen LogP contribution in [0.2, 0.25) is 0 Å². The van der Waals surface area contributed by atoms with Crippen molar-refractivity contribution in [2.24, 2.45) is 33.5 Å². The number of halogens is 1. The molecule has 6 aliphatic carbocycles. The number of aliphatic hydroxyl groups excluding tert-OH is 3. The van der Waals surface area contributed by atoms with Crippen LogP contribution in [0.5, 0.6) is 0 Å². The summed E-state index contributed by atoms with van der Waals surface area (Å²) in [4.78, 5) is 131. The van der Waals surface area contributed by atoms with Crippen LogP contribution in [-0.4, -0.2) is 194 Å². The van der Waals surface area contributed by atoms with Crippen molar-refractivity contribution in [2.45, 2.75) is 200 Å². The van der Waals surface area contributed by atoms with Gasteiger partial charge in [0.2, 0.25) is 0 Å². The minimum atomic E-state index is -2.20. The van der Waals surface area contributed by atoms with Crippen LogP contribution in [0.25, 0.3) is 0 Å². The minimum absolute atomic E-state index is 0. The highest BCUT2D eigenvalue weighted by atomic mass is 35.5. The van der Waals surface area contributed by atoms with E-state index in [0.717, 1.165) is 13.8 Å². The minimum Gasteiger partial charge on any atom is -0.455 e. The van der Waals surface area contributed by atoms with E-state index in [2.05, 4.69) is 17.9 Å². The molecule has 98 heavy (non-hydrogen) atoms. The second-order valence-corrected chi connectivity index (χ2v) is 27.6. The Labute approximate surface area is 572 Å². The summed E-state index contributed by atoms with van der Waals surface area (Å²) in [7, 11) is 0. The van der Waals surface area contributed by atoms with E-state index in [4.69, 9.17) is 59.0 Å². The number of fused-ring (bicyclic) bond motifs is 10. The SMILES string of the molecule is C.C=CCOC(=O)Cl.C=CCOC(=O)O[C@H]1C[C@H]2OC[C@@]2(OC(C)=O)C2[C@H](OC(=O)c3ccccc3)[C@]3(O)C[C@H](O)C(C)=C([C@@H](OC(C)=O)C(=O)[C@@]21C)C3(C)C.CC(=O)O[C@H]1C(=O)[C@@]2(C)C([C@H](OC(=O)c3ccccc3)[C@]3(O)C[C@H](O)C(C)=C1C3(C)C)[C@]1(OC(C)=O)CO[C@@H]1C[C@@H]2O. The Morgan fingerprint density at radius 3 is 1.29 bits per heavy atom. The number of carbonyl (C=O) groups is 10. The number of Topliss-reactive ketones (excluding diaryl/α,β-unsaturated/α-hetero) is 2. The summed E-state index contributed by atoms with van der Waals surface area (Å²) in [6.45, 7) is 23.4. The number of ether oxygens (including phenoxy) is 11. The molecule has 10 rings (SSSR count). The molecule has 2 heterocycles. The highest BCUT2D eigenvalue weighted by Crippen LogP contribution is 2.67. The lowest BCUT2D eigenvalue weighted by atomic mass is 9.44. The molecule has 6 fully saturated rings. The number of rotatable bonds is 13. The van der Waals surface area contributed by atoms with Gasteiger partial charge < -0.3 is 77.6 Å². The Balaban J connectivity index is 0.000000251. The molecule has 8 aliphatic rings. The number of ketones is 2. The molecule has 0 spiro atoms. The zero-order valence-corrected chi connectivity index (χ0v) is 56.9. The fraction of sp³-hybridized carbons (Fsp3) is 0.577. The van der Waals surface area contributed by atoms with Crippen LogP contribution in [0.3, 0.4) is 0 Å². The Morgan fingerprint density at radius 1 is 0.561 bits per heavy atom. The lowest BCUT2D eigenvalue weighted by molar-refractivity contribution is -0.346. The maximum Gasteiger partial charge on any atom is 0.508 e. The smallest absolute Gasteiger partial charge is 0.455 e. The van der Waals surface area contributed by atoms with Gasteiger partial charge in [-0.05, 0) is 74.3 Å². The zero-order valence-electron chi connectivity index (χ0n) is 56.1. The Bertz CT molecular complexity index is 3550. The maximum atomic E-state index is 15.3. The van der Waals surface area contributed by atoms with Crippen LogP contribution in [0.4, 0.5) is 9.59 Å². The number of aliphatic hydroxyl groups is 5. The highest BCUT2D eigenvalue weighted by molar-refractivity contribution is 6.61. The normalized spacial score (nSPS) is 35.7. The van der Waals surface area contributed by atoms with Crippen LogP contribution in [0.1, 0.15) is 137 Å². The topological polar surface area (TPSA) is 373 Å². The van der Waals surface area contributed by atoms with E-state index < -0.39 is 176 Å². The molecule has 2 aromatic rings. The second kappa shape index (κ2) is 28.9. The number of hydrogen-bond donors (Lipinski definition) is 5. The van der Waals surface area contributed by atoms with Gasteiger partial charge in [-0.1, -0.05) is 96.8 Å². The molecular formula is C71H89ClO26. The van der Waals surface area contributed by atoms with Gasteiger partial charge in [-0.2, -0.15) is 0 Å². The monoisotopic (exact) mass is 1390 g/mol. The van der Waals surface area contributed by atoms with Crippen LogP contribution < -0.4 is 0 Å². The van der Waals surface area contributed by atoms with Crippen molar-refractivity contribution in [3.63, 3.8) is 0 Å². The van der Waals surface area contributed by atoms with Crippen LogP contribution in [-0.2, 0) is 80.9 Å². The van der Waals surface area contributed by atoms with E-state index >= 15 is 4.79 Å². The standard InChI is InChI=1S/C35H42O13.C31H38O11.C4H5ClO2.CH4/c1-8-14-43-31(41)46-23-15-24-34(17-44-24,48-20(4)37)27-29(47-30(40)21-12-10-9-11-13-21)35(42)16-22(38)18(2)25(32(35,5)6)26(45-19(3)36)28(39)33(23,27)7;1-15-19(34)13-31(38)26(41-27(37)18-10-8-7-9-11-18)24-29(6,20(35)12-21-30(24,14-39-21)42-17(3)33)25(36)23(40-16(2)32)22(15)28(31,4)5;1-2-3-7-4(5)6;/h8-13,22-24,26-27,29,38,42H,1,14-17H2,2-7H3;7-11,19-21,23-24,26,34-35,38H,12-14H2,1-6H3;2H,1,3H2;1H4/t22-,23-,24+,26+,27?,29-,33+,34-,35+;19-,20-,21+,23+,24?,26-,29+,30-,31+;;/m00../s1. The lowest BCUT2D eigenvalue weighted by Gasteiger charge is -2.67. The average molecular weight is 1390 g/mol. The number of carbonyl (C=O) groups excluding carboxylic acids is 10. The average Bonchev–Trinajstić information content (AvgIpc) is 0.676. The van der Waals surface area contributed by atoms with Crippen LogP contribution in [0.15, 0.2) is 108 Å². The quantitative estimate of drug-likeness (QED) is 0.0593. The summed E-state index contributed by atoms with van der Waals surface area (Å²) in [6.07, 6.45) is -13.4. The van der Waals surface area contributed by atoms with Crippen LogP contribution >= 0.6 is 11.6 Å². The first-order chi connectivity index (χ1) is 45.2. The first kappa shape index (κ1) is 77.7. The molecule has 4 bridgehead atoms. The molecule has 2 aromatic carbocycles. The molecule has 2 aliphatic heterocycles. The summed E-state index contributed by atoms with van der Waals surface area (Å²) in [5.41, 5.74) is -14.1. The Hall–Kier alpha value is -7.69. The summed E-state index contributed by atoms with van der Waals surface area (Å²) in [5.74, 6) is -9.14. The van der Waals surface area contributed by atoms with Gasteiger partial charge in [-0.3, -0.25) is 28.8 Å².